The molecule has 0 bridgehead atoms. The second kappa shape index (κ2) is 9.27. The summed E-state index contributed by atoms with van der Waals surface area (Å²) in [6, 6.07) is 5.62. The van der Waals surface area contributed by atoms with Crippen LogP contribution in [0.2, 0.25) is 0 Å². The SMILES string of the molecule is O=C(NCCN1CCN(C(=O)c2ccsc2)CC1)Nc1ccc(C(F)(F)F)cc1. The molecule has 1 aromatic heterocycles. The lowest BCUT2D eigenvalue weighted by Gasteiger charge is -2.34. The maximum Gasteiger partial charge on any atom is 0.416 e. The third kappa shape index (κ3) is 5.94. The molecule has 6 nitrogen and oxygen atoms in total. The fourth-order valence-corrected chi connectivity index (χ4v) is 3.62. The number of carbonyl (C=O) groups excluding carboxylic acids is 2. The van der Waals surface area contributed by atoms with Gasteiger partial charge in [0.05, 0.1) is 11.1 Å². The van der Waals surface area contributed by atoms with Gasteiger partial charge in [0.2, 0.25) is 0 Å². The highest BCUT2D eigenvalue weighted by molar-refractivity contribution is 7.08. The van der Waals surface area contributed by atoms with Gasteiger partial charge in [-0.1, -0.05) is 0 Å². The van der Waals surface area contributed by atoms with Crippen molar-refractivity contribution in [2.24, 2.45) is 0 Å². The summed E-state index contributed by atoms with van der Waals surface area (Å²) in [6.45, 7) is 3.72. The van der Waals surface area contributed by atoms with E-state index in [1.54, 1.807) is 0 Å². The highest BCUT2D eigenvalue weighted by atomic mass is 32.1. The van der Waals surface area contributed by atoms with Crippen molar-refractivity contribution in [3.63, 3.8) is 0 Å². The van der Waals surface area contributed by atoms with Crippen LogP contribution in [0.4, 0.5) is 23.7 Å². The van der Waals surface area contributed by atoms with E-state index in [1.165, 1.54) is 23.5 Å². The van der Waals surface area contributed by atoms with E-state index >= 15 is 0 Å². The van der Waals surface area contributed by atoms with Gasteiger partial charge in [-0.2, -0.15) is 24.5 Å². The lowest BCUT2D eigenvalue weighted by Crippen LogP contribution is -2.50. The molecule has 10 heteroatoms. The zero-order valence-corrected chi connectivity index (χ0v) is 16.4. The van der Waals surface area contributed by atoms with Gasteiger partial charge in [-0.15, -0.1) is 0 Å². The molecule has 1 aliphatic heterocycles. The number of hydrogen-bond donors (Lipinski definition) is 2. The van der Waals surface area contributed by atoms with Gasteiger partial charge in [-0.3, -0.25) is 9.69 Å². The summed E-state index contributed by atoms with van der Waals surface area (Å²) in [5, 5.41) is 8.92. The molecule has 0 atom stereocenters. The van der Waals surface area contributed by atoms with Crippen molar-refractivity contribution in [2.45, 2.75) is 6.18 Å². The number of urea groups is 1. The third-order valence-corrected chi connectivity index (χ3v) is 5.29. The summed E-state index contributed by atoms with van der Waals surface area (Å²) in [5.41, 5.74) is 0.237. The number of halogens is 3. The molecule has 2 N–H and O–H groups in total. The summed E-state index contributed by atoms with van der Waals surface area (Å²) < 4.78 is 37.6. The van der Waals surface area contributed by atoms with E-state index in [0.717, 1.165) is 25.2 Å². The average Bonchev–Trinajstić information content (AvgIpc) is 3.22. The molecule has 0 saturated carbocycles. The lowest BCUT2D eigenvalue weighted by atomic mass is 10.2. The maximum absolute atomic E-state index is 12.5. The Morgan fingerprint density at radius 2 is 1.72 bits per heavy atom. The molecular formula is C19H21F3N4O2S. The van der Waals surface area contributed by atoms with Gasteiger partial charge in [0.25, 0.3) is 5.91 Å². The molecule has 3 rings (SSSR count). The van der Waals surface area contributed by atoms with Crippen LogP contribution in [0.25, 0.3) is 0 Å². The van der Waals surface area contributed by atoms with Gasteiger partial charge < -0.3 is 15.5 Å². The van der Waals surface area contributed by atoms with Crippen LogP contribution in [0, 0.1) is 0 Å². The Hall–Kier alpha value is -2.59. The summed E-state index contributed by atoms with van der Waals surface area (Å²) in [5.74, 6) is 0.0416. The van der Waals surface area contributed by atoms with Gasteiger partial charge in [-0.05, 0) is 35.7 Å². The molecule has 2 heterocycles. The number of amides is 3. The maximum atomic E-state index is 12.5. The van der Waals surface area contributed by atoms with Gasteiger partial charge in [-0.25, -0.2) is 4.79 Å². The smallest absolute Gasteiger partial charge is 0.337 e. The minimum Gasteiger partial charge on any atom is -0.337 e. The van der Waals surface area contributed by atoms with Crippen molar-refractivity contribution < 1.29 is 22.8 Å². The topological polar surface area (TPSA) is 64.7 Å². The van der Waals surface area contributed by atoms with Gasteiger partial charge in [0.15, 0.2) is 0 Å². The summed E-state index contributed by atoms with van der Waals surface area (Å²) in [4.78, 5) is 28.2. The molecule has 1 fully saturated rings. The third-order valence-electron chi connectivity index (χ3n) is 4.61. The van der Waals surface area contributed by atoms with E-state index in [1.807, 2.05) is 21.7 Å². The van der Waals surface area contributed by atoms with Crippen LogP contribution in [-0.2, 0) is 6.18 Å². The van der Waals surface area contributed by atoms with Crippen LogP contribution in [0.1, 0.15) is 15.9 Å². The highest BCUT2D eigenvalue weighted by Gasteiger charge is 2.30. The van der Waals surface area contributed by atoms with Crippen LogP contribution in [0.5, 0.6) is 0 Å². The van der Waals surface area contributed by atoms with Crippen LogP contribution in [0.3, 0.4) is 0 Å². The Bertz CT molecular complexity index is 817. The minimum atomic E-state index is -4.40. The number of carbonyl (C=O) groups is 2. The molecule has 1 aromatic carbocycles. The van der Waals surface area contributed by atoms with E-state index in [2.05, 4.69) is 15.5 Å². The summed E-state index contributed by atoms with van der Waals surface area (Å²) in [7, 11) is 0. The number of nitrogens with zero attached hydrogens (tertiary/aromatic N) is 2. The molecule has 0 radical (unpaired) electrons. The Morgan fingerprint density at radius 1 is 1.03 bits per heavy atom. The second-order valence-electron chi connectivity index (χ2n) is 6.60. The number of hydrogen-bond acceptors (Lipinski definition) is 4. The normalized spacial score (nSPS) is 15.2. The van der Waals surface area contributed by atoms with Gasteiger partial charge in [0.1, 0.15) is 0 Å². The largest absolute Gasteiger partial charge is 0.416 e. The molecule has 1 saturated heterocycles. The second-order valence-corrected chi connectivity index (χ2v) is 7.38. The Morgan fingerprint density at radius 3 is 2.31 bits per heavy atom. The monoisotopic (exact) mass is 426 g/mol. The number of anilines is 1. The average molecular weight is 426 g/mol. The zero-order valence-electron chi connectivity index (χ0n) is 15.5. The van der Waals surface area contributed by atoms with E-state index in [-0.39, 0.29) is 11.6 Å². The molecule has 1 aliphatic rings. The van der Waals surface area contributed by atoms with Crippen molar-refractivity contribution in [3.8, 4) is 0 Å². The first-order valence-corrected chi connectivity index (χ1v) is 10.0. The number of nitrogens with one attached hydrogen (secondary N) is 2. The van der Waals surface area contributed by atoms with Crippen molar-refractivity contribution >= 4 is 29.0 Å². The molecule has 0 aliphatic carbocycles. The van der Waals surface area contributed by atoms with Gasteiger partial charge >= 0.3 is 12.2 Å². The van der Waals surface area contributed by atoms with Crippen LogP contribution in [-0.4, -0.2) is 61.0 Å². The first-order valence-electron chi connectivity index (χ1n) is 9.09. The molecule has 29 heavy (non-hydrogen) atoms. The van der Waals surface area contributed by atoms with Crippen molar-refractivity contribution in [1.29, 1.82) is 0 Å². The lowest BCUT2D eigenvalue weighted by molar-refractivity contribution is -0.137. The Kier molecular flexibility index (Phi) is 6.75. The van der Waals surface area contributed by atoms with E-state index < -0.39 is 17.8 Å². The van der Waals surface area contributed by atoms with Crippen molar-refractivity contribution in [2.75, 3.05) is 44.6 Å². The summed E-state index contributed by atoms with van der Waals surface area (Å²) >= 11 is 1.49. The van der Waals surface area contributed by atoms with E-state index in [9.17, 15) is 22.8 Å². The fourth-order valence-electron chi connectivity index (χ4n) is 2.99. The van der Waals surface area contributed by atoms with Crippen molar-refractivity contribution in [1.82, 2.24) is 15.1 Å². The highest BCUT2D eigenvalue weighted by Crippen LogP contribution is 2.29. The Balaban J connectivity index is 1.35. The van der Waals surface area contributed by atoms with Crippen LogP contribution >= 0.6 is 11.3 Å². The molecular weight excluding hydrogens is 405 g/mol. The number of piperazine rings is 1. The Labute approximate surface area is 170 Å². The first-order chi connectivity index (χ1) is 13.8. The van der Waals surface area contributed by atoms with E-state index in [0.29, 0.717) is 31.7 Å². The fraction of sp³-hybridized carbons (Fsp3) is 0.368. The van der Waals surface area contributed by atoms with Gasteiger partial charge in [0, 0.05) is 50.3 Å². The number of benzene rings is 1. The predicted octanol–water partition coefficient (Wildman–Crippen LogP) is 3.35. The van der Waals surface area contributed by atoms with Crippen LogP contribution in [0.15, 0.2) is 41.1 Å². The predicted molar refractivity (Wildman–Crippen MR) is 105 cm³/mol. The molecule has 2 aromatic rings. The zero-order chi connectivity index (χ0) is 20.9. The quantitative estimate of drug-likeness (QED) is 0.771. The number of rotatable bonds is 5. The minimum absolute atomic E-state index is 0.0416. The first kappa shape index (κ1) is 21.1. The van der Waals surface area contributed by atoms with Crippen LogP contribution < -0.4 is 10.6 Å². The number of thiophene rings is 1. The molecule has 0 unspecified atom stereocenters. The van der Waals surface area contributed by atoms with E-state index in [4.69, 9.17) is 0 Å². The molecule has 3 amide bonds. The number of alkyl halides is 3. The summed E-state index contributed by atoms with van der Waals surface area (Å²) in [6.07, 6.45) is -4.40. The molecule has 156 valence electrons. The van der Waals surface area contributed by atoms with Crippen molar-refractivity contribution in [3.05, 3.63) is 52.2 Å². The standard InChI is InChI=1S/C19H21F3N4O2S/c20-19(21,22)15-1-3-16(4-2-15)24-18(28)23-6-7-25-8-10-26(11-9-25)17(27)14-5-12-29-13-14/h1-5,12-13H,6-11H2,(H2,23,24,28). The molecule has 0 spiro atoms.